The van der Waals surface area contributed by atoms with Gasteiger partial charge in [0.25, 0.3) is 0 Å². The second kappa shape index (κ2) is 7.06. The maximum absolute atomic E-state index is 5.87. The molecule has 0 fully saturated rings. The van der Waals surface area contributed by atoms with Crippen LogP contribution in [0.5, 0.6) is 0 Å². The minimum atomic E-state index is -0.0917. The van der Waals surface area contributed by atoms with E-state index in [9.17, 15) is 0 Å². The smallest absolute Gasteiger partial charge is 0.0971 e. The minimum Gasteiger partial charge on any atom is -0.375 e. The Morgan fingerprint density at radius 2 is 1.05 bits per heavy atom. The van der Waals surface area contributed by atoms with Crippen LogP contribution in [0.1, 0.15) is 22.8 Å². The molecule has 0 saturated heterocycles. The van der Waals surface area contributed by atoms with Gasteiger partial charge in [0.2, 0.25) is 0 Å². The van der Waals surface area contributed by atoms with Crippen molar-refractivity contribution in [3.05, 3.63) is 114 Å². The van der Waals surface area contributed by atoms with Crippen LogP contribution >= 0.6 is 0 Å². The molecule has 22 heavy (non-hydrogen) atoms. The fourth-order valence-corrected chi connectivity index (χ4v) is 2.75. The van der Waals surface area contributed by atoms with Crippen molar-refractivity contribution in [3.63, 3.8) is 0 Å². The van der Waals surface area contributed by atoms with Crippen molar-refractivity contribution < 1.29 is 4.74 Å². The number of rotatable bonds is 5. The molecule has 0 amide bonds. The maximum atomic E-state index is 5.87. The number of hydrogen-bond acceptors (Lipinski definition) is 1. The van der Waals surface area contributed by atoms with Crippen LogP contribution in [0.25, 0.3) is 0 Å². The lowest BCUT2D eigenvalue weighted by atomic mass is 9.83. The molecule has 3 rings (SSSR count). The van der Waals surface area contributed by atoms with E-state index in [1.807, 2.05) is 18.2 Å². The summed E-state index contributed by atoms with van der Waals surface area (Å²) in [5, 5.41) is 0. The van der Waals surface area contributed by atoms with Crippen LogP contribution in [-0.4, -0.2) is 7.11 Å². The standard InChI is InChI=1S/C21H19O/c1-22-21(19-15-9-4-10-16-19)20(17-11-5-2-6-12-17)18-13-7-3-8-14-18/h2-16,21H,1H3. The predicted octanol–water partition coefficient (Wildman–Crippen LogP) is 5.05. The quantitative estimate of drug-likeness (QED) is 0.638. The van der Waals surface area contributed by atoms with E-state index in [2.05, 4.69) is 72.8 Å². The Balaban J connectivity index is 2.09. The highest BCUT2D eigenvalue weighted by atomic mass is 16.5. The molecule has 1 unspecified atom stereocenters. The Morgan fingerprint density at radius 3 is 1.45 bits per heavy atom. The van der Waals surface area contributed by atoms with Gasteiger partial charge in [-0.25, -0.2) is 0 Å². The van der Waals surface area contributed by atoms with Crippen molar-refractivity contribution in [2.75, 3.05) is 7.11 Å². The van der Waals surface area contributed by atoms with Gasteiger partial charge < -0.3 is 4.74 Å². The summed E-state index contributed by atoms with van der Waals surface area (Å²) in [5.41, 5.74) is 3.53. The summed E-state index contributed by atoms with van der Waals surface area (Å²) < 4.78 is 5.87. The van der Waals surface area contributed by atoms with Crippen molar-refractivity contribution in [2.45, 2.75) is 6.10 Å². The first-order chi connectivity index (χ1) is 10.9. The average molecular weight is 287 g/mol. The molecular formula is C21H19O. The summed E-state index contributed by atoms with van der Waals surface area (Å²) in [6, 6.07) is 31.2. The van der Waals surface area contributed by atoms with Gasteiger partial charge in [0.1, 0.15) is 0 Å². The van der Waals surface area contributed by atoms with Gasteiger partial charge in [-0.2, -0.15) is 0 Å². The summed E-state index contributed by atoms with van der Waals surface area (Å²) in [7, 11) is 1.77. The first-order valence-electron chi connectivity index (χ1n) is 7.45. The molecule has 0 saturated carbocycles. The molecule has 0 aliphatic carbocycles. The summed E-state index contributed by atoms with van der Waals surface area (Å²) >= 11 is 0. The molecule has 0 aliphatic rings. The summed E-state index contributed by atoms with van der Waals surface area (Å²) in [5.74, 6) is 1.19. The molecule has 0 bridgehead atoms. The zero-order chi connectivity index (χ0) is 15.2. The molecule has 0 N–H and O–H groups in total. The molecule has 1 radical (unpaired) electrons. The first-order valence-corrected chi connectivity index (χ1v) is 7.45. The highest BCUT2D eigenvalue weighted by Crippen LogP contribution is 2.37. The zero-order valence-electron chi connectivity index (χ0n) is 12.6. The third kappa shape index (κ3) is 3.10. The molecular weight excluding hydrogens is 268 g/mol. The molecule has 1 heteroatoms. The zero-order valence-corrected chi connectivity index (χ0v) is 12.6. The van der Waals surface area contributed by atoms with Crippen molar-refractivity contribution in [1.82, 2.24) is 0 Å². The Morgan fingerprint density at radius 1 is 0.636 bits per heavy atom. The number of methoxy groups -OCH3 is 1. The molecule has 109 valence electrons. The third-order valence-corrected chi connectivity index (χ3v) is 3.77. The SMILES string of the molecule is COC([C](c1ccccc1)c1ccccc1)c1ccccc1. The number of benzene rings is 3. The molecule has 3 aromatic rings. The predicted molar refractivity (Wildman–Crippen MR) is 90.5 cm³/mol. The topological polar surface area (TPSA) is 9.23 Å². The van der Waals surface area contributed by atoms with Gasteiger partial charge in [-0.1, -0.05) is 91.0 Å². The molecule has 0 spiro atoms. The van der Waals surface area contributed by atoms with E-state index in [4.69, 9.17) is 4.74 Å². The van der Waals surface area contributed by atoms with Crippen LogP contribution < -0.4 is 0 Å². The Labute approximate surface area is 132 Å². The van der Waals surface area contributed by atoms with E-state index in [0.29, 0.717) is 0 Å². The van der Waals surface area contributed by atoms with E-state index in [0.717, 1.165) is 5.56 Å². The van der Waals surface area contributed by atoms with Gasteiger partial charge in [-0.05, 0) is 16.7 Å². The van der Waals surface area contributed by atoms with Crippen LogP contribution in [0.15, 0.2) is 91.0 Å². The molecule has 3 aromatic carbocycles. The Hall–Kier alpha value is -2.38. The molecule has 1 atom stereocenters. The van der Waals surface area contributed by atoms with E-state index < -0.39 is 0 Å². The van der Waals surface area contributed by atoms with Crippen molar-refractivity contribution >= 4 is 0 Å². The average Bonchev–Trinajstić information content (AvgIpc) is 2.62. The van der Waals surface area contributed by atoms with Crippen LogP contribution in [-0.2, 0) is 4.74 Å². The van der Waals surface area contributed by atoms with Crippen molar-refractivity contribution in [3.8, 4) is 0 Å². The molecule has 1 nitrogen and oxygen atoms in total. The van der Waals surface area contributed by atoms with E-state index in [1.54, 1.807) is 7.11 Å². The third-order valence-electron chi connectivity index (χ3n) is 3.77. The van der Waals surface area contributed by atoms with Gasteiger partial charge in [-0.3, -0.25) is 0 Å². The van der Waals surface area contributed by atoms with Gasteiger partial charge >= 0.3 is 0 Å². The van der Waals surface area contributed by atoms with E-state index in [-0.39, 0.29) is 6.10 Å². The fourth-order valence-electron chi connectivity index (χ4n) is 2.75. The van der Waals surface area contributed by atoms with Crippen molar-refractivity contribution in [2.24, 2.45) is 0 Å². The first kappa shape index (κ1) is 14.6. The van der Waals surface area contributed by atoms with Gasteiger partial charge in [0, 0.05) is 7.11 Å². The summed E-state index contributed by atoms with van der Waals surface area (Å²) in [4.78, 5) is 0. The van der Waals surface area contributed by atoms with Crippen LogP contribution in [0, 0.1) is 5.92 Å². The van der Waals surface area contributed by atoms with Crippen LogP contribution in [0.4, 0.5) is 0 Å². The highest BCUT2D eigenvalue weighted by Gasteiger charge is 2.27. The summed E-state index contributed by atoms with van der Waals surface area (Å²) in [6.07, 6.45) is -0.0917. The number of hydrogen-bond donors (Lipinski definition) is 0. The number of ether oxygens (including phenoxy) is 1. The lowest BCUT2D eigenvalue weighted by molar-refractivity contribution is 0.122. The second-order valence-corrected chi connectivity index (χ2v) is 5.17. The lowest BCUT2D eigenvalue weighted by Crippen LogP contribution is -2.15. The van der Waals surface area contributed by atoms with Gasteiger partial charge in [0.05, 0.1) is 12.0 Å². The van der Waals surface area contributed by atoms with E-state index >= 15 is 0 Å². The summed E-state index contributed by atoms with van der Waals surface area (Å²) in [6.45, 7) is 0. The monoisotopic (exact) mass is 287 g/mol. The Bertz CT molecular complexity index is 637. The largest absolute Gasteiger partial charge is 0.375 e. The highest BCUT2D eigenvalue weighted by molar-refractivity contribution is 5.49. The van der Waals surface area contributed by atoms with Gasteiger partial charge in [-0.15, -0.1) is 0 Å². The second-order valence-electron chi connectivity index (χ2n) is 5.17. The lowest BCUT2D eigenvalue weighted by Gasteiger charge is -2.26. The van der Waals surface area contributed by atoms with Crippen molar-refractivity contribution in [1.29, 1.82) is 0 Å². The fraction of sp³-hybridized carbons (Fsp3) is 0.0952. The van der Waals surface area contributed by atoms with Crippen LogP contribution in [0.2, 0.25) is 0 Å². The van der Waals surface area contributed by atoms with E-state index in [1.165, 1.54) is 17.0 Å². The molecule has 0 aliphatic heterocycles. The van der Waals surface area contributed by atoms with Gasteiger partial charge in [0.15, 0.2) is 0 Å². The molecule has 0 aromatic heterocycles. The normalized spacial score (nSPS) is 12.3. The Kier molecular flexibility index (Phi) is 4.67. The van der Waals surface area contributed by atoms with Crippen LogP contribution in [0.3, 0.4) is 0 Å². The minimum absolute atomic E-state index is 0.0917. The maximum Gasteiger partial charge on any atom is 0.0971 e. The molecule has 0 heterocycles.